The normalized spacial score (nSPS) is 25.8. The Morgan fingerprint density at radius 1 is 1.07 bits per heavy atom. The first kappa shape index (κ1) is 18.6. The lowest BCUT2D eigenvalue weighted by molar-refractivity contribution is -0.158. The number of amides is 1. The molecule has 0 saturated carbocycles. The van der Waals surface area contributed by atoms with Crippen molar-refractivity contribution < 1.29 is 18.3 Å². The van der Waals surface area contributed by atoms with E-state index < -0.39 is 10.0 Å². The highest BCUT2D eigenvalue weighted by atomic mass is 79.9. The first-order valence-electron chi connectivity index (χ1n) is 8.66. The number of benzene rings is 2. The third-order valence-corrected chi connectivity index (χ3v) is 7.71. The fourth-order valence-corrected chi connectivity index (χ4v) is 5.77. The van der Waals surface area contributed by atoms with E-state index in [9.17, 15) is 18.3 Å². The molecule has 4 rings (SSSR count). The lowest BCUT2D eigenvalue weighted by Crippen LogP contribution is -2.73. The van der Waals surface area contributed by atoms with Crippen molar-refractivity contribution >= 4 is 31.9 Å². The predicted molar refractivity (Wildman–Crippen MR) is 104 cm³/mol. The lowest BCUT2D eigenvalue weighted by atomic mass is 9.74. The Balaban J connectivity index is 1.64. The van der Waals surface area contributed by atoms with E-state index in [-0.39, 0.29) is 48.5 Å². The topological polar surface area (TPSA) is 77.9 Å². The zero-order valence-electron chi connectivity index (χ0n) is 14.4. The second-order valence-electron chi connectivity index (χ2n) is 6.81. The summed E-state index contributed by atoms with van der Waals surface area (Å²) in [4.78, 5) is 14.5. The lowest BCUT2D eigenvalue weighted by Gasteiger charge is -2.58. The maximum Gasteiger partial charge on any atom is 0.243 e. The minimum absolute atomic E-state index is 0.0965. The van der Waals surface area contributed by atoms with E-state index in [1.807, 2.05) is 24.3 Å². The largest absolute Gasteiger partial charge is 0.394 e. The average Bonchev–Trinajstić information content (AvgIpc) is 2.65. The smallest absolute Gasteiger partial charge is 0.243 e. The van der Waals surface area contributed by atoms with Crippen molar-refractivity contribution in [2.45, 2.75) is 22.9 Å². The summed E-state index contributed by atoms with van der Waals surface area (Å²) >= 11 is 3.41. The molecule has 2 aliphatic heterocycles. The van der Waals surface area contributed by atoms with E-state index in [2.05, 4.69) is 15.9 Å². The van der Waals surface area contributed by atoms with Crippen LogP contribution in [0.1, 0.15) is 11.5 Å². The zero-order chi connectivity index (χ0) is 19.2. The first-order valence-corrected chi connectivity index (χ1v) is 10.9. The molecular formula is C19H19BrN2O4S. The second kappa shape index (κ2) is 7.01. The van der Waals surface area contributed by atoms with Crippen LogP contribution in [0.15, 0.2) is 64.0 Å². The third-order valence-electron chi connectivity index (χ3n) is 5.36. The number of carbonyl (C=O) groups excluding carboxylic acids is 1. The monoisotopic (exact) mass is 450 g/mol. The molecule has 3 atom stereocenters. The molecule has 0 radical (unpaired) electrons. The molecule has 8 heteroatoms. The molecule has 0 bridgehead atoms. The van der Waals surface area contributed by atoms with Crippen molar-refractivity contribution in [3.05, 3.63) is 64.6 Å². The van der Waals surface area contributed by atoms with Gasteiger partial charge in [0.05, 0.1) is 30.1 Å². The molecule has 0 aliphatic carbocycles. The van der Waals surface area contributed by atoms with E-state index in [1.165, 1.54) is 16.4 Å². The Morgan fingerprint density at radius 3 is 2.37 bits per heavy atom. The van der Waals surface area contributed by atoms with Gasteiger partial charge in [-0.15, -0.1) is 0 Å². The van der Waals surface area contributed by atoms with E-state index in [4.69, 9.17) is 0 Å². The van der Waals surface area contributed by atoms with Gasteiger partial charge in [0.1, 0.15) is 0 Å². The number of hydrogen-bond acceptors (Lipinski definition) is 4. The molecule has 2 aromatic rings. The number of sulfonamides is 1. The molecule has 2 aromatic carbocycles. The molecule has 0 aromatic heterocycles. The van der Waals surface area contributed by atoms with Crippen LogP contribution in [0.25, 0.3) is 0 Å². The van der Waals surface area contributed by atoms with E-state index >= 15 is 0 Å². The first-order chi connectivity index (χ1) is 12.9. The molecule has 2 heterocycles. The number of aliphatic hydroxyl groups is 1. The standard InChI is InChI=1S/C19H19BrN2O4S/c20-14-8-6-13(7-9-14)19-16-10-21(11-18(24)22(16)17(19)12-23)27(25,26)15-4-2-1-3-5-15/h1-9,16-17,19,23H,10-12H2/t16-,17-,19-/m1/s1. The number of fused-ring (bicyclic) bond motifs is 1. The summed E-state index contributed by atoms with van der Waals surface area (Å²) in [5.74, 6) is -0.362. The van der Waals surface area contributed by atoms with Crippen molar-refractivity contribution in [1.82, 2.24) is 9.21 Å². The molecule has 142 valence electrons. The molecule has 0 spiro atoms. The van der Waals surface area contributed by atoms with Crippen LogP contribution in [-0.4, -0.2) is 60.4 Å². The molecule has 2 aliphatic rings. The van der Waals surface area contributed by atoms with E-state index in [1.54, 1.807) is 23.1 Å². The summed E-state index contributed by atoms with van der Waals surface area (Å²) in [6.45, 7) is -0.119. The molecule has 0 unspecified atom stereocenters. The minimum atomic E-state index is -3.74. The second-order valence-corrected chi connectivity index (χ2v) is 9.66. The Bertz CT molecular complexity index is 949. The fraction of sp³-hybridized carbons (Fsp3) is 0.316. The van der Waals surface area contributed by atoms with Crippen LogP contribution in [0.3, 0.4) is 0 Å². The molecule has 27 heavy (non-hydrogen) atoms. The fourth-order valence-electron chi connectivity index (χ4n) is 4.08. The van der Waals surface area contributed by atoms with Crippen LogP contribution in [0.4, 0.5) is 0 Å². The average molecular weight is 451 g/mol. The molecule has 2 saturated heterocycles. The Labute approximate surface area is 166 Å². The maximum absolute atomic E-state index is 12.9. The highest BCUT2D eigenvalue weighted by Gasteiger charge is 2.55. The predicted octanol–water partition coefficient (Wildman–Crippen LogP) is 1.81. The van der Waals surface area contributed by atoms with Gasteiger partial charge in [0.25, 0.3) is 0 Å². The number of halogens is 1. The highest BCUT2D eigenvalue weighted by Crippen LogP contribution is 2.43. The van der Waals surface area contributed by atoms with Crippen LogP contribution in [0.2, 0.25) is 0 Å². The molecule has 1 amide bonds. The zero-order valence-corrected chi connectivity index (χ0v) is 16.8. The van der Waals surface area contributed by atoms with Gasteiger partial charge in [-0.05, 0) is 29.8 Å². The van der Waals surface area contributed by atoms with Crippen molar-refractivity contribution in [3.8, 4) is 0 Å². The van der Waals surface area contributed by atoms with Gasteiger partial charge < -0.3 is 10.0 Å². The van der Waals surface area contributed by atoms with E-state index in [0.717, 1.165) is 10.0 Å². The van der Waals surface area contributed by atoms with Crippen molar-refractivity contribution in [3.63, 3.8) is 0 Å². The quantitative estimate of drug-likeness (QED) is 0.770. The Morgan fingerprint density at radius 2 is 1.74 bits per heavy atom. The molecule has 6 nitrogen and oxygen atoms in total. The Hall–Kier alpha value is -1.74. The molecule has 2 fully saturated rings. The van der Waals surface area contributed by atoms with Crippen LogP contribution in [-0.2, 0) is 14.8 Å². The van der Waals surface area contributed by atoms with Gasteiger partial charge in [0.15, 0.2) is 0 Å². The van der Waals surface area contributed by atoms with Crippen LogP contribution < -0.4 is 0 Å². The van der Waals surface area contributed by atoms with Gasteiger partial charge in [-0.2, -0.15) is 4.31 Å². The van der Waals surface area contributed by atoms with Crippen LogP contribution >= 0.6 is 15.9 Å². The van der Waals surface area contributed by atoms with E-state index in [0.29, 0.717) is 0 Å². The molecule has 1 N–H and O–H groups in total. The van der Waals surface area contributed by atoms with Gasteiger partial charge in [-0.3, -0.25) is 4.79 Å². The summed E-state index contributed by atoms with van der Waals surface area (Å²) < 4.78 is 28.1. The summed E-state index contributed by atoms with van der Waals surface area (Å²) in [5, 5.41) is 9.80. The minimum Gasteiger partial charge on any atom is -0.394 e. The summed E-state index contributed by atoms with van der Waals surface area (Å²) in [5.41, 5.74) is 0.991. The number of piperazine rings is 1. The number of hydrogen-bond donors (Lipinski definition) is 1. The SMILES string of the molecule is O=C1CN(S(=O)(=O)c2ccccc2)C[C@@H]2[C@@H](c3ccc(Br)cc3)[C@@H](CO)N12. The van der Waals surface area contributed by atoms with Gasteiger partial charge in [-0.25, -0.2) is 8.42 Å². The maximum atomic E-state index is 12.9. The van der Waals surface area contributed by atoms with Crippen molar-refractivity contribution in [2.75, 3.05) is 19.7 Å². The molecular weight excluding hydrogens is 432 g/mol. The summed E-state index contributed by atoms with van der Waals surface area (Å²) in [7, 11) is -3.74. The van der Waals surface area contributed by atoms with Crippen molar-refractivity contribution in [2.24, 2.45) is 0 Å². The summed E-state index contributed by atoms with van der Waals surface area (Å²) in [6.07, 6.45) is 0. The Kier molecular flexibility index (Phi) is 4.84. The third kappa shape index (κ3) is 3.10. The highest BCUT2D eigenvalue weighted by molar-refractivity contribution is 9.10. The van der Waals surface area contributed by atoms with Gasteiger partial charge in [0, 0.05) is 16.9 Å². The van der Waals surface area contributed by atoms with Gasteiger partial charge in [-0.1, -0.05) is 46.3 Å². The van der Waals surface area contributed by atoms with Gasteiger partial charge >= 0.3 is 0 Å². The number of rotatable bonds is 4. The van der Waals surface area contributed by atoms with Crippen molar-refractivity contribution in [1.29, 1.82) is 0 Å². The van der Waals surface area contributed by atoms with Crippen LogP contribution in [0, 0.1) is 0 Å². The number of nitrogens with zero attached hydrogens (tertiary/aromatic N) is 2. The number of carbonyl (C=O) groups is 1. The van der Waals surface area contributed by atoms with Gasteiger partial charge in [0.2, 0.25) is 15.9 Å². The van der Waals surface area contributed by atoms with Crippen LogP contribution in [0.5, 0.6) is 0 Å². The summed E-state index contributed by atoms with van der Waals surface area (Å²) in [6, 6.07) is 15.3. The number of aliphatic hydroxyl groups excluding tert-OH is 1.